The minimum absolute atomic E-state index is 0.00942. The van der Waals surface area contributed by atoms with Gasteiger partial charge in [0, 0.05) is 0 Å². The van der Waals surface area contributed by atoms with Gasteiger partial charge in [0.25, 0.3) is 0 Å². The van der Waals surface area contributed by atoms with Gasteiger partial charge in [-0.05, 0) is 0 Å². The van der Waals surface area contributed by atoms with Gasteiger partial charge in [0.15, 0.2) is 0 Å². The standard InChI is InChI=1S/C18H29O3Si.3C4H9.Sn/c1-12-8-14(22(3,4)5)10-18(11-17-20-6-7-21-17)13(2)16(19)9-15(12)18;3*1-3-4-2;/h13,16-17,19H,6-7,9-11H2,1-5H3;3*1,3-4H2,2H3;/t13-,16+,18-;;;;/m1..../s1. The number of unbranched alkanes of at least 4 members (excludes halogenated alkanes) is 3. The Morgan fingerprint density at radius 3 is 1.91 bits per heavy atom. The maximum absolute atomic E-state index is 11.3. The first-order valence-corrected chi connectivity index (χ1v) is 25.9. The van der Waals surface area contributed by atoms with Crippen LogP contribution in [0.4, 0.5) is 0 Å². The normalized spacial score (nSPS) is 28.4. The number of allylic oxidation sites excluding steroid dienone is 3. The Balaban J connectivity index is 2.22. The summed E-state index contributed by atoms with van der Waals surface area (Å²) < 4.78 is 18.6. The van der Waals surface area contributed by atoms with Crippen LogP contribution in [-0.2, 0) is 9.47 Å². The molecule has 2 aliphatic carbocycles. The molecule has 1 heterocycles. The molecule has 1 N–H and O–H groups in total. The fourth-order valence-electron chi connectivity index (χ4n) is 7.66. The zero-order valence-electron chi connectivity index (χ0n) is 24.4. The molecule has 0 bridgehead atoms. The fourth-order valence-corrected chi connectivity index (χ4v) is 32.3. The third-order valence-corrected chi connectivity index (χ3v) is 28.9. The van der Waals surface area contributed by atoms with Gasteiger partial charge in [0.1, 0.15) is 0 Å². The third kappa shape index (κ3) is 6.18. The van der Waals surface area contributed by atoms with E-state index in [0.717, 1.165) is 19.3 Å². The molecule has 2 fully saturated rings. The molecule has 3 rings (SSSR count). The van der Waals surface area contributed by atoms with Gasteiger partial charge in [-0.3, -0.25) is 0 Å². The van der Waals surface area contributed by atoms with Crippen molar-refractivity contribution in [3.8, 4) is 0 Å². The van der Waals surface area contributed by atoms with Crippen LogP contribution in [0.2, 0.25) is 33.0 Å². The van der Waals surface area contributed by atoms with Crippen LogP contribution in [0.25, 0.3) is 0 Å². The monoisotopic (exact) mass is 612 g/mol. The van der Waals surface area contributed by atoms with E-state index in [4.69, 9.17) is 9.47 Å². The van der Waals surface area contributed by atoms with Gasteiger partial charge in [-0.25, -0.2) is 0 Å². The van der Waals surface area contributed by atoms with E-state index >= 15 is 0 Å². The molecule has 0 amide bonds. The molecule has 0 spiro atoms. The zero-order chi connectivity index (χ0) is 25.9. The number of hydrogen-bond acceptors (Lipinski definition) is 3. The predicted molar refractivity (Wildman–Crippen MR) is 155 cm³/mol. The molecule has 0 aromatic carbocycles. The molecule has 1 aliphatic heterocycles. The van der Waals surface area contributed by atoms with E-state index < -0.39 is 26.5 Å². The Bertz CT molecular complexity index is 755. The first kappa shape index (κ1) is 29.9. The molecule has 35 heavy (non-hydrogen) atoms. The van der Waals surface area contributed by atoms with Crippen LogP contribution >= 0.6 is 0 Å². The number of rotatable bonds is 13. The molecule has 3 aliphatic rings. The molecule has 0 radical (unpaired) electrons. The van der Waals surface area contributed by atoms with E-state index in [-0.39, 0.29) is 23.7 Å². The third-order valence-electron chi connectivity index (χ3n) is 9.77. The van der Waals surface area contributed by atoms with Crippen molar-refractivity contribution in [1.29, 1.82) is 0 Å². The average Bonchev–Trinajstić information content (AvgIpc) is 3.41. The summed E-state index contributed by atoms with van der Waals surface area (Å²) in [7, 11) is -1.57. The van der Waals surface area contributed by atoms with Crippen molar-refractivity contribution >= 4 is 26.5 Å². The van der Waals surface area contributed by atoms with Crippen molar-refractivity contribution in [2.24, 2.45) is 11.3 Å². The molecule has 202 valence electrons. The summed E-state index contributed by atoms with van der Waals surface area (Å²) in [6, 6.07) is 0. The molecule has 1 saturated carbocycles. The van der Waals surface area contributed by atoms with Crippen molar-refractivity contribution in [1.82, 2.24) is 0 Å². The number of hydrogen-bond donors (Lipinski definition) is 1. The second kappa shape index (κ2) is 12.5. The number of ether oxygens (including phenoxy) is 2. The summed E-state index contributed by atoms with van der Waals surface area (Å²) in [6.07, 6.45) is 10.8. The SMILES string of the molecule is CCC[CH2][Sn]([CH2]CCC)([CH2]CCC)[C]1=C([Si](C)(C)C)C[C@]2(CC3OCCO3)C(=C1C)C[C@H](O)[C@H]2C. The van der Waals surface area contributed by atoms with E-state index in [0.29, 0.717) is 13.2 Å². The average molecular weight is 612 g/mol. The molecule has 3 nitrogen and oxygen atoms in total. The summed E-state index contributed by atoms with van der Waals surface area (Å²) in [5.41, 5.74) is 3.25. The minimum atomic E-state index is -2.66. The molecule has 3 atom stereocenters. The molecular weight excluding hydrogens is 555 g/mol. The van der Waals surface area contributed by atoms with Crippen molar-refractivity contribution < 1.29 is 14.6 Å². The Morgan fingerprint density at radius 2 is 1.46 bits per heavy atom. The fraction of sp³-hybridized carbons (Fsp3) is 0.867. The van der Waals surface area contributed by atoms with E-state index in [9.17, 15) is 5.11 Å². The van der Waals surface area contributed by atoms with Gasteiger partial charge in [0.05, 0.1) is 0 Å². The zero-order valence-corrected chi connectivity index (χ0v) is 28.2. The first-order chi connectivity index (χ1) is 16.6. The van der Waals surface area contributed by atoms with Crippen molar-refractivity contribution in [2.45, 2.75) is 138 Å². The van der Waals surface area contributed by atoms with Gasteiger partial charge < -0.3 is 0 Å². The summed E-state index contributed by atoms with van der Waals surface area (Å²) in [5.74, 6) is 0.264. The van der Waals surface area contributed by atoms with Crippen LogP contribution < -0.4 is 0 Å². The molecule has 5 heteroatoms. The van der Waals surface area contributed by atoms with Gasteiger partial charge in [0.2, 0.25) is 0 Å². The summed E-state index contributed by atoms with van der Waals surface area (Å²) in [4.78, 5) is 0. The van der Waals surface area contributed by atoms with Gasteiger partial charge in [-0.15, -0.1) is 0 Å². The molecule has 0 unspecified atom stereocenters. The van der Waals surface area contributed by atoms with Gasteiger partial charge in [-0.2, -0.15) is 0 Å². The molecular formula is C30H56O3SiSn. The van der Waals surface area contributed by atoms with Crippen LogP contribution in [-0.4, -0.2) is 57.2 Å². The Hall–Kier alpha value is 0.376. The number of aliphatic hydroxyl groups is 1. The van der Waals surface area contributed by atoms with Crippen molar-refractivity contribution in [3.05, 3.63) is 19.9 Å². The van der Waals surface area contributed by atoms with Crippen LogP contribution in [0, 0.1) is 11.3 Å². The van der Waals surface area contributed by atoms with E-state index in [1.807, 2.05) is 8.79 Å². The van der Waals surface area contributed by atoms with Crippen LogP contribution in [0.15, 0.2) is 19.9 Å². The number of aliphatic hydroxyl groups excluding tert-OH is 1. The van der Waals surface area contributed by atoms with Crippen LogP contribution in [0.1, 0.15) is 92.4 Å². The molecule has 0 aromatic heterocycles. The maximum atomic E-state index is 11.3. The summed E-state index contributed by atoms with van der Waals surface area (Å²) in [6.45, 7) is 21.2. The molecule has 1 saturated heterocycles. The Kier molecular flexibility index (Phi) is 10.7. The Labute approximate surface area is 222 Å². The van der Waals surface area contributed by atoms with Crippen molar-refractivity contribution in [2.75, 3.05) is 13.2 Å². The van der Waals surface area contributed by atoms with Gasteiger partial charge >= 0.3 is 223 Å². The Morgan fingerprint density at radius 1 is 0.943 bits per heavy atom. The molecule has 0 aromatic rings. The first-order valence-electron chi connectivity index (χ1n) is 14.9. The van der Waals surface area contributed by atoms with Crippen LogP contribution in [0.3, 0.4) is 0 Å². The van der Waals surface area contributed by atoms with Crippen LogP contribution in [0.5, 0.6) is 0 Å². The van der Waals surface area contributed by atoms with Crippen molar-refractivity contribution in [3.63, 3.8) is 0 Å². The topological polar surface area (TPSA) is 38.7 Å². The van der Waals surface area contributed by atoms with E-state index in [1.165, 1.54) is 51.8 Å². The van der Waals surface area contributed by atoms with E-state index in [1.54, 1.807) is 11.1 Å². The second-order valence-corrected chi connectivity index (χ2v) is 31.2. The van der Waals surface area contributed by atoms with E-state index in [2.05, 4.69) is 54.3 Å². The second-order valence-electron chi connectivity index (χ2n) is 13.1. The number of fused-ring (bicyclic) bond motifs is 1. The quantitative estimate of drug-likeness (QED) is 0.213. The summed E-state index contributed by atoms with van der Waals surface area (Å²) >= 11 is -2.66. The van der Waals surface area contributed by atoms with Gasteiger partial charge in [-0.1, -0.05) is 0 Å². The predicted octanol–water partition coefficient (Wildman–Crippen LogP) is 8.42. The summed E-state index contributed by atoms with van der Waals surface area (Å²) in [5, 5.41) is 13.2.